The molecular formula is C10H10N2O. The van der Waals surface area contributed by atoms with E-state index in [1.165, 1.54) is 0 Å². The number of fused-ring (bicyclic) bond motifs is 3. The molecule has 0 bridgehead atoms. The molecule has 1 atom stereocenters. The van der Waals surface area contributed by atoms with E-state index in [2.05, 4.69) is 16.6 Å². The first-order valence-electron chi connectivity index (χ1n) is 4.48. The summed E-state index contributed by atoms with van der Waals surface area (Å²) >= 11 is 0. The Bertz CT molecular complexity index is 373. The van der Waals surface area contributed by atoms with E-state index in [0.29, 0.717) is 5.92 Å². The Morgan fingerprint density at radius 1 is 1.38 bits per heavy atom. The van der Waals surface area contributed by atoms with Gasteiger partial charge in [-0.3, -0.25) is 0 Å². The lowest BCUT2D eigenvalue weighted by Crippen LogP contribution is -2.28. The summed E-state index contributed by atoms with van der Waals surface area (Å²) in [6, 6.07) is 8.06. The van der Waals surface area contributed by atoms with Crippen molar-refractivity contribution in [2.45, 2.75) is 0 Å². The van der Waals surface area contributed by atoms with E-state index in [1.54, 1.807) is 0 Å². The van der Waals surface area contributed by atoms with Gasteiger partial charge in [0.1, 0.15) is 5.75 Å². The Balaban J connectivity index is 2.15. The van der Waals surface area contributed by atoms with Gasteiger partial charge < -0.3 is 10.2 Å². The quantitative estimate of drug-likeness (QED) is 0.636. The largest absolute Gasteiger partial charge is 0.492 e. The van der Waals surface area contributed by atoms with Crippen molar-refractivity contribution in [3.05, 3.63) is 29.8 Å². The number of rotatable bonds is 0. The SMILES string of the molecule is c1ccc2c(c1)OCC1CNN=C21. The molecule has 3 nitrogen and oxygen atoms in total. The first kappa shape index (κ1) is 6.95. The van der Waals surface area contributed by atoms with Crippen LogP contribution in [0.5, 0.6) is 5.75 Å². The molecule has 0 saturated carbocycles. The molecule has 1 aromatic carbocycles. The normalized spacial score (nSPS) is 23.7. The topological polar surface area (TPSA) is 33.6 Å². The molecule has 66 valence electrons. The van der Waals surface area contributed by atoms with E-state index >= 15 is 0 Å². The summed E-state index contributed by atoms with van der Waals surface area (Å²) in [5.74, 6) is 1.40. The van der Waals surface area contributed by atoms with Crippen molar-refractivity contribution in [3.8, 4) is 5.75 Å². The summed E-state index contributed by atoms with van der Waals surface area (Å²) in [5.41, 5.74) is 5.31. The number of nitrogens with zero attached hydrogens (tertiary/aromatic N) is 1. The highest BCUT2D eigenvalue weighted by Gasteiger charge is 2.29. The summed E-state index contributed by atoms with van der Waals surface area (Å²) in [7, 11) is 0. The lowest BCUT2D eigenvalue weighted by atomic mass is 9.95. The van der Waals surface area contributed by atoms with Crippen molar-refractivity contribution in [2.24, 2.45) is 11.0 Å². The maximum atomic E-state index is 5.62. The smallest absolute Gasteiger partial charge is 0.128 e. The molecule has 0 amide bonds. The summed E-state index contributed by atoms with van der Waals surface area (Å²) in [5, 5.41) is 4.29. The highest BCUT2D eigenvalue weighted by Crippen LogP contribution is 2.28. The van der Waals surface area contributed by atoms with E-state index in [0.717, 1.165) is 30.2 Å². The summed E-state index contributed by atoms with van der Waals surface area (Å²) in [6.07, 6.45) is 0. The average Bonchev–Trinajstić information content (AvgIpc) is 2.65. The van der Waals surface area contributed by atoms with Gasteiger partial charge >= 0.3 is 0 Å². The molecule has 2 aliphatic heterocycles. The molecule has 0 saturated heterocycles. The maximum Gasteiger partial charge on any atom is 0.128 e. The third-order valence-corrected chi connectivity index (χ3v) is 2.53. The number of hydrogen-bond acceptors (Lipinski definition) is 3. The molecule has 3 rings (SSSR count). The Morgan fingerprint density at radius 2 is 2.31 bits per heavy atom. The number of nitrogens with one attached hydrogen (secondary N) is 1. The standard InChI is InChI=1S/C10H10N2O/c1-2-4-9-8(3-1)10-7(6-13-9)5-11-12-10/h1-4,7,11H,5-6H2. The summed E-state index contributed by atoms with van der Waals surface area (Å²) in [6.45, 7) is 1.66. The number of para-hydroxylation sites is 1. The van der Waals surface area contributed by atoms with E-state index in [-0.39, 0.29) is 0 Å². The molecule has 0 fully saturated rings. The first-order chi connectivity index (χ1) is 6.45. The van der Waals surface area contributed by atoms with Gasteiger partial charge in [-0.05, 0) is 12.1 Å². The predicted molar refractivity (Wildman–Crippen MR) is 50.0 cm³/mol. The molecule has 2 aliphatic rings. The Labute approximate surface area is 76.4 Å². The average molecular weight is 174 g/mol. The van der Waals surface area contributed by atoms with Crippen LogP contribution in [0.15, 0.2) is 29.4 Å². The van der Waals surface area contributed by atoms with Gasteiger partial charge in [0.2, 0.25) is 0 Å². The first-order valence-corrected chi connectivity index (χ1v) is 4.48. The minimum Gasteiger partial charge on any atom is -0.492 e. The molecule has 1 aromatic rings. The van der Waals surface area contributed by atoms with Crippen molar-refractivity contribution in [2.75, 3.05) is 13.2 Å². The molecule has 0 spiro atoms. The van der Waals surface area contributed by atoms with Crippen LogP contribution in [-0.2, 0) is 0 Å². The van der Waals surface area contributed by atoms with Crippen LogP contribution in [0.1, 0.15) is 5.56 Å². The Hall–Kier alpha value is -1.51. The van der Waals surface area contributed by atoms with Gasteiger partial charge in [0.25, 0.3) is 0 Å². The lowest BCUT2D eigenvalue weighted by molar-refractivity contribution is 0.278. The predicted octanol–water partition coefficient (Wildman–Crippen LogP) is 1.00. The monoisotopic (exact) mass is 174 g/mol. The zero-order valence-electron chi connectivity index (χ0n) is 7.16. The molecule has 0 radical (unpaired) electrons. The van der Waals surface area contributed by atoms with Crippen molar-refractivity contribution in [1.29, 1.82) is 0 Å². The van der Waals surface area contributed by atoms with E-state index in [1.807, 2.05) is 18.2 Å². The molecule has 0 aromatic heterocycles. The van der Waals surface area contributed by atoms with Crippen LogP contribution in [0.2, 0.25) is 0 Å². The van der Waals surface area contributed by atoms with Gasteiger partial charge in [-0.1, -0.05) is 12.1 Å². The minimum atomic E-state index is 0.440. The highest BCUT2D eigenvalue weighted by molar-refractivity contribution is 6.06. The van der Waals surface area contributed by atoms with E-state index in [4.69, 9.17) is 4.74 Å². The lowest BCUT2D eigenvalue weighted by Gasteiger charge is -2.21. The number of hydrogen-bond donors (Lipinski definition) is 1. The summed E-state index contributed by atoms with van der Waals surface area (Å²) in [4.78, 5) is 0. The Morgan fingerprint density at radius 3 is 3.31 bits per heavy atom. The van der Waals surface area contributed by atoms with Gasteiger partial charge in [0.05, 0.1) is 18.2 Å². The van der Waals surface area contributed by atoms with Gasteiger partial charge in [-0.2, -0.15) is 5.10 Å². The number of hydrazone groups is 1. The van der Waals surface area contributed by atoms with Crippen LogP contribution in [-0.4, -0.2) is 18.9 Å². The van der Waals surface area contributed by atoms with Crippen molar-refractivity contribution >= 4 is 5.71 Å². The molecule has 3 heteroatoms. The van der Waals surface area contributed by atoms with E-state index < -0.39 is 0 Å². The highest BCUT2D eigenvalue weighted by atomic mass is 16.5. The second-order valence-corrected chi connectivity index (χ2v) is 3.36. The Kier molecular flexibility index (Phi) is 1.33. The minimum absolute atomic E-state index is 0.440. The van der Waals surface area contributed by atoms with Crippen LogP contribution in [0, 0.1) is 5.92 Å². The zero-order chi connectivity index (χ0) is 8.67. The second-order valence-electron chi connectivity index (χ2n) is 3.36. The third kappa shape index (κ3) is 0.932. The van der Waals surface area contributed by atoms with Crippen LogP contribution in [0.25, 0.3) is 0 Å². The summed E-state index contributed by atoms with van der Waals surface area (Å²) < 4.78 is 5.62. The molecule has 13 heavy (non-hydrogen) atoms. The van der Waals surface area contributed by atoms with E-state index in [9.17, 15) is 0 Å². The molecule has 1 N–H and O–H groups in total. The van der Waals surface area contributed by atoms with Crippen molar-refractivity contribution in [1.82, 2.24) is 5.43 Å². The fourth-order valence-electron chi connectivity index (χ4n) is 1.84. The zero-order valence-corrected chi connectivity index (χ0v) is 7.16. The molecule has 2 heterocycles. The van der Waals surface area contributed by atoms with Crippen LogP contribution in [0.4, 0.5) is 0 Å². The molecular weight excluding hydrogens is 164 g/mol. The third-order valence-electron chi connectivity index (χ3n) is 2.53. The van der Waals surface area contributed by atoms with Crippen molar-refractivity contribution < 1.29 is 4.74 Å². The molecule has 1 unspecified atom stereocenters. The number of ether oxygens (including phenoxy) is 1. The fourth-order valence-corrected chi connectivity index (χ4v) is 1.84. The van der Waals surface area contributed by atoms with Crippen LogP contribution >= 0.6 is 0 Å². The van der Waals surface area contributed by atoms with Crippen LogP contribution in [0.3, 0.4) is 0 Å². The van der Waals surface area contributed by atoms with Crippen LogP contribution < -0.4 is 10.2 Å². The molecule has 0 aliphatic carbocycles. The second kappa shape index (κ2) is 2.49. The van der Waals surface area contributed by atoms with Gasteiger partial charge in [-0.15, -0.1) is 0 Å². The van der Waals surface area contributed by atoms with Gasteiger partial charge in [0.15, 0.2) is 0 Å². The van der Waals surface area contributed by atoms with Crippen molar-refractivity contribution in [3.63, 3.8) is 0 Å². The maximum absolute atomic E-state index is 5.62. The number of benzene rings is 1. The fraction of sp³-hybridized carbons (Fsp3) is 0.300. The van der Waals surface area contributed by atoms with Gasteiger partial charge in [-0.25, -0.2) is 0 Å². The van der Waals surface area contributed by atoms with Gasteiger partial charge in [0, 0.05) is 12.1 Å².